The number of carbonyl (C=O) groups is 1. The lowest BCUT2D eigenvalue weighted by Crippen LogP contribution is -2.36. The van der Waals surface area contributed by atoms with Gasteiger partial charge in [0.05, 0.1) is 25.6 Å². The van der Waals surface area contributed by atoms with E-state index < -0.39 is 0 Å². The lowest BCUT2D eigenvalue weighted by atomic mass is 10.1. The predicted octanol–water partition coefficient (Wildman–Crippen LogP) is 2.70. The van der Waals surface area contributed by atoms with E-state index in [-0.39, 0.29) is 6.09 Å². The Kier molecular flexibility index (Phi) is 5.46. The Morgan fingerprint density at radius 1 is 1.24 bits per heavy atom. The van der Waals surface area contributed by atoms with Crippen molar-refractivity contribution in [3.8, 4) is 17.0 Å². The van der Waals surface area contributed by atoms with Gasteiger partial charge in [0.1, 0.15) is 11.4 Å². The number of rotatable bonds is 4. The van der Waals surface area contributed by atoms with Crippen LogP contribution in [0.15, 0.2) is 30.7 Å². The zero-order valence-corrected chi connectivity index (χ0v) is 16.6. The van der Waals surface area contributed by atoms with Crippen LogP contribution in [0.25, 0.3) is 22.3 Å². The van der Waals surface area contributed by atoms with Gasteiger partial charge in [0, 0.05) is 49.5 Å². The molecule has 1 N–H and O–H groups in total. The van der Waals surface area contributed by atoms with Crippen molar-refractivity contribution >= 4 is 23.1 Å². The third-order valence-corrected chi connectivity index (χ3v) is 4.97. The van der Waals surface area contributed by atoms with Gasteiger partial charge in [-0.3, -0.25) is 0 Å². The van der Waals surface area contributed by atoms with E-state index in [1.807, 2.05) is 25.3 Å². The first-order chi connectivity index (χ1) is 14.2. The lowest BCUT2D eigenvalue weighted by molar-refractivity contribution is 0.110. The number of hydrogen-bond donors (Lipinski definition) is 1. The molecular weight excluding hydrogens is 372 g/mol. The van der Waals surface area contributed by atoms with Crippen LogP contribution in [0.2, 0.25) is 0 Å². The molecule has 29 heavy (non-hydrogen) atoms. The van der Waals surface area contributed by atoms with Crippen LogP contribution in [0.1, 0.15) is 13.3 Å². The molecule has 3 aromatic rings. The van der Waals surface area contributed by atoms with Crippen molar-refractivity contribution in [3.63, 3.8) is 0 Å². The average molecular weight is 396 g/mol. The molecule has 0 unspecified atom stereocenters. The molecule has 0 saturated carbocycles. The summed E-state index contributed by atoms with van der Waals surface area (Å²) >= 11 is 0. The second-order valence-electron chi connectivity index (χ2n) is 6.74. The quantitative estimate of drug-likeness (QED) is 0.724. The molecule has 0 aliphatic carbocycles. The molecule has 3 aromatic heterocycles. The van der Waals surface area contributed by atoms with E-state index in [4.69, 9.17) is 14.5 Å². The van der Waals surface area contributed by atoms with Gasteiger partial charge >= 0.3 is 6.09 Å². The largest absolute Gasteiger partial charge is 0.495 e. The Balaban J connectivity index is 1.57. The van der Waals surface area contributed by atoms with Crippen LogP contribution in [0, 0.1) is 0 Å². The van der Waals surface area contributed by atoms with Gasteiger partial charge in [0.15, 0.2) is 0 Å². The Labute approximate surface area is 168 Å². The van der Waals surface area contributed by atoms with Crippen LogP contribution in [0.5, 0.6) is 5.75 Å². The van der Waals surface area contributed by atoms with Gasteiger partial charge in [-0.1, -0.05) is 0 Å². The third kappa shape index (κ3) is 3.94. The van der Waals surface area contributed by atoms with Crippen molar-refractivity contribution in [2.24, 2.45) is 0 Å². The number of H-pyrrole nitrogens is 1. The normalized spacial score (nSPS) is 14.7. The zero-order valence-electron chi connectivity index (χ0n) is 16.6. The van der Waals surface area contributed by atoms with Crippen molar-refractivity contribution in [3.05, 3.63) is 30.7 Å². The van der Waals surface area contributed by atoms with Gasteiger partial charge in [0.2, 0.25) is 5.95 Å². The maximum atomic E-state index is 12.0. The highest BCUT2D eigenvalue weighted by atomic mass is 16.6. The SMILES string of the molecule is CCOC(=O)N1CCCN(c2nccc(-c3c[nH]c4ncc(OC)cc34)n2)CC1. The van der Waals surface area contributed by atoms with E-state index in [1.54, 1.807) is 24.4 Å². The molecule has 0 spiro atoms. The van der Waals surface area contributed by atoms with Crippen LogP contribution in [-0.4, -0.2) is 70.8 Å². The van der Waals surface area contributed by atoms with E-state index >= 15 is 0 Å². The predicted molar refractivity (Wildman–Crippen MR) is 109 cm³/mol. The summed E-state index contributed by atoms with van der Waals surface area (Å²) in [5.41, 5.74) is 2.53. The third-order valence-electron chi connectivity index (χ3n) is 4.97. The minimum atomic E-state index is -0.260. The van der Waals surface area contributed by atoms with Crippen molar-refractivity contribution in [2.45, 2.75) is 13.3 Å². The fourth-order valence-corrected chi connectivity index (χ4v) is 3.47. The molecule has 1 fully saturated rings. The van der Waals surface area contributed by atoms with E-state index in [0.29, 0.717) is 37.9 Å². The summed E-state index contributed by atoms with van der Waals surface area (Å²) in [5.74, 6) is 1.35. The van der Waals surface area contributed by atoms with Crippen molar-refractivity contribution in [1.29, 1.82) is 0 Å². The van der Waals surface area contributed by atoms with Gasteiger partial charge in [-0.2, -0.15) is 0 Å². The summed E-state index contributed by atoms with van der Waals surface area (Å²) in [6.07, 6.45) is 5.91. The van der Waals surface area contributed by atoms with Crippen LogP contribution in [0.3, 0.4) is 0 Å². The number of nitrogens with zero attached hydrogens (tertiary/aromatic N) is 5. The monoisotopic (exact) mass is 396 g/mol. The summed E-state index contributed by atoms with van der Waals surface area (Å²) in [6, 6.07) is 3.83. The maximum Gasteiger partial charge on any atom is 0.409 e. The van der Waals surface area contributed by atoms with Crippen molar-refractivity contribution < 1.29 is 14.3 Å². The van der Waals surface area contributed by atoms with Gasteiger partial charge in [0.25, 0.3) is 0 Å². The first-order valence-electron chi connectivity index (χ1n) is 9.70. The molecule has 0 aromatic carbocycles. The molecule has 0 radical (unpaired) electrons. The lowest BCUT2D eigenvalue weighted by Gasteiger charge is -2.21. The number of carbonyl (C=O) groups excluding carboxylic acids is 1. The number of hydrogen-bond acceptors (Lipinski definition) is 7. The second-order valence-corrected chi connectivity index (χ2v) is 6.74. The number of pyridine rings is 1. The van der Waals surface area contributed by atoms with Crippen molar-refractivity contribution in [1.82, 2.24) is 24.8 Å². The number of methoxy groups -OCH3 is 1. The van der Waals surface area contributed by atoms with E-state index in [2.05, 4.69) is 19.9 Å². The molecule has 9 nitrogen and oxygen atoms in total. The summed E-state index contributed by atoms with van der Waals surface area (Å²) in [6.45, 7) is 4.89. The summed E-state index contributed by atoms with van der Waals surface area (Å²) in [7, 11) is 1.62. The smallest absolute Gasteiger partial charge is 0.409 e. The maximum absolute atomic E-state index is 12.0. The first-order valence-corrected chi connectivity index (χ1v) is 9.70. The Morgan fingerprint density at radius 3 is 2.97 bits per heavy atom. The highest BCUT2D eigenvalue weighted by Crippen LogP contribution is 2.29. The molecular formula is C20H24N6O3. The van der Waals surface area contributed by atoms with Gasteiger partial charge in [-0.15, -0.1) is 0 Å². The highest BCUT2D eigenvalue weighted by Gasteiger charge is 2.21. The fraction of sp³-hybridized carbons (Fsp3) is 0.400. The number of aromatic nitrogens is 4. The Hall–Kier alpha value is -3.36. The van der Waals surface area contributed by atoms with Crippen LogP contribution in [0.4, 0.5) is 10.7 Å². The van der Waals surface area contributed by atoms with Crippen molar-refractivity contribution in [2.75, 3.05) is 44.8 Å². The van der Waals surface area contributed by atoms with Gasteiger partial charge in [-0.25, -0.2) is 19.7 Å². The molecule has 0 atom stereocenters. The molecule has 0 bridgehead atoms. The average Bonchev–Trinajstić information content (AvgIpc) is 3.01. The van der Waals surface area contributed by atoms with Crippen LogP contribution < -0.4 is 9.64 Å². The molecule has 9 heteroatoms. The van der Waals surface area contributed by atoms with E-state index in [0.717, 1.165) is 35.3 Å². The number of anilines is 1. The van der Waals surface area contributed by atoms with Gasteiger partial charge in [-0.05, 0) is 25.5 Å². The number of nitrogens with one attached hydrogen (secondary N) is 1. The van der Waals surface area contributed by atoms with Crippen LogP contribution >= 0.6 is 0 Å². The zero-order chi connectivity index (χ0) is 20.2. The molecule has 152 valence electrons. The van der Waals surface area contributed by atoms with Crippen LogP contribution in [-0.2, 0) is 4.74 Å². The number of ether oxygens (including phenoxy) is 2. The molecule has 4 heterocycles. The van der Waals surface area contributed by atoms with E-state index in [9.17, 15) is 4.79 Å². The topological polar surface area (TPSA) is 96.5 Å². The standard InChI is InChI=1S/C20H24N6O3/c1-3-29-20(27)26-8-4-7-25(9-10-26)19-21-6-5-17(24-19)16-13-23-18-15(16)11-14(28-2)12-22-18/h5-6,11-13H,3-4,7-10H2,1-2H3,(H,22,23). The molecule has 1 saturated heterocycles. The number of fused-ring (bicyclic) bond motifs is 1. The number of aromatic amines is 1. The summed E-state index contributed by atoms with van der Waals surface area (Å²) in [4.78, 5) is 32.7. The minimum Gasteiger partial charge on any atom is -0.495 e. The van der Waals surface area contributed by atoms with Gasteiger partial charge < -0.3 is 24.3 Å². The summed E-state index contributed by atoms with van der Waals surface area (Å²) in [5, 5.41) is 0.943. The first kappa shape index (κ1) is 19.0. The summed E-state index contributed by atoms with van der Waals surface area (Å²) < 4.78 is 10.4. The Morgan fingerprint density at radius 2 is 2.14 bits per heavy atom. The second kappa shape index (κ2) is 8.34. The molecule has 1 amide bonds. The van der Waals surface area contributed by atoms with E-state index in [1.165, 1.54) is 0 Å². The minimum absolute atomic E-state index is 0.260. The molecule has 4 rings (SSSR count). The fourth-order valence-electron chi connectivity index (χ4n) is 3.47. The Bertz CT molecular complexity index is 1000. The number of amides is 1. The highest BCUT2D eigenvalue weighted by molar-refractivity contribution is 5.93. The molecule has 1 aliphatic rings. The molecule has 1 aliphatic heterocycles.